The zero-order chi connectivity index (χ0) is 26.1. The highest BCUT2D eigenvalue weighted by Crippen LogP contribution is 2.35. The van der Waals surface area contributed by atoms with Crippen molar-refractivity contribution in [2.24, 2.45) is 5.73 Å². The Labute approximate surface area is 219 Å². The number of amides is 1. The van der Waals surface area contributed by atoms with Crippen LogP contribution in [0.3, 0.4) is 0 Å². The number of para-hydroxylation sites is 1. The molecule has 4 aromatic rings. The van der Waals surface area contributed by atoms with Crippen LogP contribution in [0.25, 0.3) is 16.9 Å². The van der Waals surface area contributed by atoms with Crippen LogP contribution in [0.15, 0.2) is 60.8 Å². The molecule has 0 aliphatic heterocycles. The third-order valence-corrected chi connectivity index (χ3v) is 7.58. The number of nitrogens with zero attached hydrogens (tertiary/aromatic N) is 2. The van der Waals surface area contributed by atoms with Gasteiger partial charge in [-0.1, -0.05) is 56.3 Å². The molecule has 6 heteroatoms. The smallest absolute Gasteiger partial charge is 0.255 e. The maximum absolute atomic E-state index is 13.4. The van der Waals surface area contributed by atoms with Crippen molar-refractivity contribution in [3.8, 4) is 11.3 Å². The molecule has 0 bridgehead atoms. The first-order valence-electron chi connectivity index (χ1n) is 13.3. The Morgan fingerprint density at radius 1 is 0.973 bits per heavy atom. The average molecular weight is 496 g/mol. The van der Waals surface area contributed by atoms with E-state index in [1.165, 1.54) is 5.56 Å². The van der Waals surface area contributed by atoms with Gasteiger partial charge in [0.1, 0.15) is 11.5 Å². The van der Waals surface area contributed by atoms with Crippen molar-refractivity contribution in [2.45, 2.75) is 71.4 Å². The lowest BCUT2D eigenvalue weighted by molar-refractivity contribution is 0.0927. The number of rotatable bonds is 6. The first-order valence-corrected chi connectivity index (χ1v) is 13.3. The molecule has 192 valence electrons. The molecule has 1 amide bonds. The van der Waals surface area contributed by atoms with E-state index in [0.29, 0.717) is 17.1 Å². The second-order valence-electron chi connectivity index (χ2n) is 10.7. The van der Waals surface area contributed by atoms with Crippen molar-refractivity contribution in [2.75, 3.05) is 5.32 Å². The Hall–Kier alpha value is -3.64. The zero-order valence-electron chi connectivity index (χ0n) is 22.2. The molecule has 0 unspecified atom stereocenters. The molecule has 5 rings (SSSR count). The van der Waals surface area contributed by atoms with Gasteiger partial charge in [-0.15, -0.1) is 0 Å². The minimum atomic E-state index is -0.0867. The molecule has 0 saturated heterocycles. The molecule has 2 heterocycles. The Bertz CT molecular complexity index is 1390. The third kappa shape index (κ3) is 5.12. The van der Waals surface area contributed by atoms with Crippen molar-refractivity contribution in [1.29, 1.82) is 0 Å². The highest BCUT2D eigenvalue weighted by atomic mass is 16.1. The van der Waals surface area contributed by atoms with Crippen LogP contribution in [0.4, 0.5) is 11.5 Å². The summed E-state index contributed by atoms with van der Waals surface area (Å²) in [7, 11) is 0. The van der Waals surface area contributed by atoms with E-state index < -0.39 is 0 Å². The lowest BCUT2D eigenvalue weighted by atomic mass is 9.91. The molecule has 37 heavy (non-hydrogen) atoms. The van der Waals surface area contributed by atoms with Gasteiger partial charge >= 0.3 is 0 Å². The summed E-state index contributed by atoms with van der Waals surface area (Å²) in [4.78, 5) is 18.5. The van der Waals surface area contributed by atoms with Crippen LogP contribution in [0, 0.1) is 13.8 Å². The van der Waals surface area contributed by atoms with Crippen LogP contribution in [-0.4, -0.2) is 27.4 Å². The van der Waals surface area contributed by atoms with Gasteiger partial charge < -0.3 is 16.4 Å². The first-order chi connectivity index (χ1) is 17.8. The number of aryl methyl sites for hydroxylation is 2. The van der Waals surface area contributed by atoms with Gasteiger partial charge in [0.25, 0.3) is 5.91 Å². The standard InChI is InChI=1S/C31H37N5O/c1-19(2)22-10-12-23(13-11-22)28-30(34-27-20(3)7-5-8-21(27)4)36-18-6-9-26(29(36)35-28)31(37)33-25-16-14-24(32)15-17-25/h5-13,18-19,24-25,34H,14-17,32H2,1-4H3,(H,33,37). The predicted octanol–water partition coefficient (Wildman–Crippen LogP) is 6.48. The Morgan fingerprint density at radius 2 is 1.65 bits per heavy atom. The van der Waals surface area contributed by atoms with Gasteiger partial charge in [-0.3, -0.25) is 9.20 Å². The van der Waals surface area contributed by atoms with Crippen molar-refractivity contribution in [3.63, 3.8) is 0 Å². The number of aromatic nitrogens is 2. The van der Waals surface area contributed by atoms with E-state index in [-0.39, 0.29) is 18.0 Å². The van der Waals surface area contributed by atoms with E-state index in [2.05, 4.69) is 80.8 Å². The maximum Gasteiger partial charge on any atom is 0.255 e. The summed E-state index contributed by atoms with van der Waals surface area (Å²) in [5.74, 6) is 1.21. The van der Waals surface area contributed by atoms with Gasteiger partial charge in [-0.25, -0.2) is 4.98 Å². The van der Waals surface area contributed by atoms with E-state index in [9.17, 15) is 4.79 Å². The quantitative estimate of drug-likeness (QED) is 0.286. The number of carbonyl (C=O) groups excluding carboxylic acids is 1. The fourth-order valence-electron chi connectivity index (χ4n) is 5.25. The maximum atomic E-state index is 13.4. The van der Waals surface area contributed by atoms with Crippen molar-refractivity contribution >= 4 is 23.1 Å². The predicted molar refractivity (Wildman–Crippen MR) is 152 cm³/mol. The summed E-state index contributed by atoms with van der Waals surface area (Å²) in [6.45, 7) is 8.59. The highest BCUT2D eigenvalue weighted by molar-refractivity contribution is 6.01. The normalized spacial score (nSPS) is 17.8. The SMILES string of the molecule is Cc1cccc(C)c1Nc1c(-c2ccc(C(C)C)cc2)nc2c(C(=O)NC3CCC(N)CC3)cccn12. The number of anilines is 2. The molecule has 1 aliphatic carbocycles. The first kappa shape index (κ1) is 25.0. The van der Waals surface area contributed by atoms with Crippen LogP contribution in [0.2, 0.25) is 0 Å². The number of imidazole rings is 1. The van der Waals surface area contributed by atoms with Gasteiger partial charge in [0.2, 0.25) is 0 Å². The van der Waals surface area contributed by atoms with Crippen LogP contribution in [0.1, 0.15) is 72.5 Å². The fourth-order valence-corrected chi connectivity index (χ4v) is 5.25. The molecule has 4 N–H and O–H groups in total. The van der Waals surface area contributed by atoms with Crippen LogP contribution >= 0.6 is 0 Å². The van der Waals surface area contributed by atoms with Gasteiger partial charge in [0.05, 0.1) is 5.56 Å². The summed E-state index contributed by atoms with van der Waals surface area (Å²) in [6.07, 6.45) is 5.69. The Kier molecular flexibility index (Phi) is 7.02. The number of benzene rings is 2. The summed E-state index contributed by atoms with van der Waals surface area (Å²) < 4.78 is 2.00. The van der Waals surface area contributed by atoms with Crippen LogP contribution < -0.4 is 16.4 Å². The molecule has 1 fully saturated rings. The van der Waals surface area contributed by atoms with Crippen molar-refractivity contribution in [1.82, 2.24) is 14.7 Å². The number of carbonyl (C=O) groups is 1. The van der Waals surface area contributed by atoms with Gasteiger partial charge in [0.15, 0.2) is 5.65 Å². The lowest BCUT2D eigenvalue weighted by Crippen LogP contribution is -2.40. The van der Waals surface area contributed by atoms with Crippen LogP contribution in [-0.2, 0) is 0 Å². The number of hydrogen-bond donors (Lipinski definition) is 3. The molecule has 1 saturated carbocycles. The van der Waals surface area contributed by atoms with E-state index >= 15 is 0 Å². The molecule has 0 atom stereocenters. The van der Waals surface area contributed by atoms with Crippen molar-refractivity contribution in [3.05, 3.63) is 83.0 Å². The largest absolute Gasteiger partial charge is 0.349 e. The molecular weight excluding hydrogens is 458 g/mol. The second kappa shape index (κ2) is 10.4. The topological polar surface area (TPSA) is 84.5 Å². The number of hydrogen-bond acceptors (Lipinski definition) is 4. The van der Waals surface area contributed by atoms with E-state index in [1.54, 1.807) is 0 Å². The molecule has 2 aromatic carbocycles. The molecule has 6 nitrogen and oxygen atoms in total. The van der Waals surface area contributed by atoms with E-state index in [1.807, 2.05) is 22.7 Å². The molecule has 0 spiro atoms. The van der Waals surface area contributed by atoms with Crippen LogP contribution in [0.5, 0.6) is 0 Å². The van der Waals surface area contributed by atoms with E-state index in [0.717, 1.165) is 59.6 Å². The Morgan fingerprint density at radius 3 is 2.30 bits per heavy atom. The van der Waals surface area contributed by atoms with Gasteiger partial charge in [0, 0.05) is 29.5 Å². The van der Waals surface area contributed by atoms with Crippen molar-refractivity contribution < 1.29 is 4.79 Å². The highest BCUT2D eigenvalue weighted by Gasteiger charge is 2.24. The molecule has 1 aliphatic rings. The summed E-state index contributed by atoms with van der Waals surface area (Å²) >= 11 is 0. The van der Waals surface area contributed by atoms with Gasteiger partial charge in [-0.2, -0.15) is 0 Å². The second-order valence-corrected chi connectivity index (χ2v) is 10.7. The zero-order valence-corrected chi connectivity index (χ0v) is 22.2. The fraction of sp³-hybridized carbons (Fsp3) is 0.355. The minimum Gasteiger partial charge on any atom is -0.349 e. The summed E-state index contributed by atoms with van der Waals surface area (Å²) in [5.41, 5.74) is 13.8. The molecular formula is C31H37N5O. The molecule has 0 radical (unpaired) electrons. The van der Waals surface area contributed by atoms with Gasteiger partial charge in [-0.05, 0) is 74.3 Å². The average Bonchev–Trinajstić information content (AvgIpc) is 3.26. The van der Waals surface area contributed by atoms with E-state index in [4.69, 9.17) is 10.7 Å². The Balaban J connectivity index is 1.59. The minimum absolute atomic E-state index is 0.0867. The number of nitrogens with two attached hydrogens (primary N) is 1. The summed E-state index contributed by atoms with van der Waals surface area (Å²) in [5, 5.41) is 6.91. The monoisotopic (exact) mass is 495 g/mol. The third-order valence-electron chi connectivity index (χ3n) is 7.58. The summed E-state index contributed by atoms with van der Waals surface area (Å²) in [6, 6.07) is 19.0. The number of fused-ring (bicyclic) bond motifs is 1. The number of nitrogens with one attached hydrogen (secondary N) is 2. The lowest BCUT2D eigenvalue weighted by Gasteiger charge is -2.26. The number of pyridine rings is 1. The molecule has 2 aromatic heterocycles.